The smallest absolute Gasteiger partial charge is 0.315 e. The summed E-state index contributed by atoms with van der Waals surface area (Å²) in [6.45, 7) is 9.32. The Morgan fingerprint density at radius 2 is 2.03 bits per heavy atom. The Labute approximate surface area is 195 Å². The molecule has 2 amide bonds. The number of nitrogen functional groups attached to an aromatic ring is 1. The fourth-order valence-electron chi connectivity index (χ4n) is 4.89. The normalized spacial score (nSPS) is 15.0. The number of nitrogens with zero attached hydrogens (tertiary/aromatic N) is 4. The van der Waals surface area contributed by atoms with Crippen molar-refractivity contribution in [2.75, 3.05) is 25.5 Å². The van der Waals surface area contributed by atoms with Crippen LogP contribution in [0.25, 0.3) is 21.9 Å². The molecule has 1 aliphatic rings. The highest BCUT2D eigenvalue weighted by atomic mass is 16.5. The minimum atomic E-state index is -0.370. The quantitative estimate of drug-likeness (QED) is 0.539. The Kier molecular flexibility index (Phi) is 7.02. The molecule has 2 aromatic heterocycles. The predicted molar refractivity (Wildman–Crippen MR) is 132 cm³/mol. The van der Waals surface area contributed by atoms with Gasteiger partial charge in [-0.15, -0.1) is 0 Å². The van der Waals surface area contributed by atoms with Gasteiger partial charge in [-0.2, -0.15) is 0 Å². The van der Waals surface area contributed by atoms with Crippen molar-refractivity contribution in [1.29, 1.82) is 0 Å². The standard InChI is InChI=1S/C25H36N6O2/c1-4-21-29-22-23(31(21)15-18-9-12-33-13-10-18)19-8-7-17(14-20(19)28-24(22)26)6-5-11-30(16(2)3)25(27)32/h7-8,14,16,18H,4-6,9-13,15H2,1-3H3,(H2,26,28)(H2,27,32). The Morgan fingerprint density at radius 3 is 2.70 bits per heavy atom. The monoisotopic (exact) mass is 452 g/mol. The number of urea groups is 1. The molecule has 1 saturated heterocycles. The van der Waals surface area contributed by atoms with E-state index in [2.05, 4.69) is 29.7 Å². The molecule has 3 heterocycles. The highest BCUT2D eigenvalue weighted by Gasteiger charge is 2.21. The van der Waals surface area contributed by atoms with E-state index in [1.165, 1.54) is 5.56 Å². The molecule has 0 unspecified atom stereocenters. The maximum absolute atomic E-state index is 11.6. The zero-order valence-electron chi connectivity index (χ0n) is 20.0. The third kappa shape index (κ3) is 4.90. The lowest BCUT2D eigenvalue weighted by Gasteiger charge is -2.24. The molecular weight excluding hydrogens is 416 g/mol. The van der Waals surface area contributed by atoms with Crippen LogP contribution in [0.4, 0.5) is 10.6 Å². The second-order valence-corrected chi connectivity index (χ2v) is 9.32. The lowest BCUT2D eigenvalue weighted by atomic mass is 10.00. The van der Waals surface area contributed by atoms with Crippen LogP contribution in [0.2, 0.25) is 0 Å². The van der Waals surface area contributed by atoms with E-state index in [9.17, 15) is 4.79 Å². The van der Waals surface area contributed by atoms with Crippen LogP contribution < -0.4 is 11.5 Å². The fraction of sp³-hybridized carbons (Fsp3) is 0.560. The first kappa shape index (κ1) is 23.3. The van der Waals surface area contributed by atoms with Gasteiger partial charge in [0.05, 0.1) is 11.0 Å². The molecule has 0 bridgehead atoms. The summed E-state index contributed by atoms with van der Waals surface area (Å²) in [5.41, 5.74) is 15.8. The first-order chi connectivity index (χ1) is 15.9. The molecule has 0 spiro atoms. The number of benzene rings is 1. The Balaban J connectivity index is 1.64. The average Bonchev–Trinajstić information content (AvgIpc) is 3.16. The molecule has 0 aliphatic carbocycles. The van der Waals surface area contributed by atoms with Crippen molar-refractivity contribution in [3.05, 3.63) is 29.6 Å². The lowest BCUT2D eigenvalue weighted by Crippen LogP contribution is -2.41. The maximum atomic E-state index is 11.6. The number of ether oxygens (including phenoxy) is 1. The first-order valence-corrected chi connectivity index (χ1v) is 12.1. The number of anilines is 1. The summed E-state index contributed by atoms with van der Waals surface area (Å²) in [6, 6.07) is 6.14. The van der Waals surface area contributed by atoms with Gasteiger partial charge >= 0.3 is 6.03 Å². The third-order valence-corrected chi connectivity index (χ3v) is 6.72. The van der Waals surface area contributed by atoms with Crippen LogP contribution in [0, 0.1) is 5.92 Å². The number of hydrogen-bond donors (Lipinski definition) is 2. The molecule has 3 aromatic rings. The summed E-state index contributed by atoms with van der Waals surface area (Å²) >= 11 is 0. The summed E-state index contributed by atoms with van der Waals surface area (Å²) in [5, 5.41) is 1.09. The summed E-state index contributed by atoms with van der Waals surface area (Å²) in [7, 11) is 0. The highest BCUT2D eigenvalue weighted by molar-refractivity contribution is 6.06. The van der Waals surface area contributed by atoms with Crippen molar-refractivity contribution >= 4 is 33.8 Å². The lowest BCUT2D eigenvalue weighted by molar-refractivity contribution is 0.0614. The van der Waals surface area contributed by atoms with Crippen LogP contribution in [0.15, 0.2) is 18.2 Å². The number of rotatable bonds is 8. The Hall–Kier alpha value is -2.87. The van der Waals surface area contributed by atoms with Crippen LogP contribution in [0.1, 0.15) is 51.4 Å². The second kappa shape index (κ2) is 9.95. The van der Waals surface area contributed by atoms with E-state index in [1.807, 2.05) is 13.8 Å². The highest BCUT2D eigenvalue weighted by Crippen LogP contribution is 2.31. The minimum Gasteiger partial charge on any atom is -0.382 e. The van der Waals surface area contributed by atoms with Crippen molar-refractivity contribution in [2.24, 2.45) is 11.7 Å². The molecule has 4 rings (SSSR count). The molecular formula is C25H36N6O2. The molecule has 0 radical (unpaired) electrons. The van der Waals surface area contributed by atoms with Crippen molar-refractivity contribution in [2.45, 2.75) is 65.5 Å². The van der Waals surface area contributed by atoms with Gasteiger partial charge in [0.25, 0.3) is 0 Å². The Morgan fingerprint density at radius 1 is 1.27 bits per heavy atom. The van der Waals surface area contributed by atoms with E-state index in [-0.39, 0.29) is 12.1 Å². The van der Waals surface area contributed by atoms with E-state index in [1.54, 1.807) is 4.90 Å². The van der Waals surface area contributed by atoms with Crippen LogP contribution in [0.3, 0.4) is 0 Å². The average molecular weight is 453 g/mol. The number of aromatic nitrogens is 3. The molecule has 4 N–H and O–H groups in total. The molecule has 1 aromatic carbocycles. The first-order valence-electron chi connectivity index (χ1n) is 12.1. The zero-order chi connectivity index (χ0) is 23.5. The minimum absolute atomic E-state index is 0.0950. The number of amides is 2. The van der Waals surface area contributed by atoms with Crippen molar-refractivity contribution in [3.8, 4) is 0 Å². The van der Waals surface area contributed by atoms with Gasteiger partial charge in [-0.05, 0) is 57.1 Å². The van der Waals surface area contributed by atoms with Crippen LogP contribution in [-0.2, 0) is 24.1 Å². The van der Waals surface area contributed by atoms with Gasteiger partial charge in [0.2, 0.25) is 0 Å². The van der Waals surface area contributed by atoms with Gasteiger partial charge in [0.15, 0.2) is 5.82 Å². The number of aryl methyl sites for hydroxylation is 2. The van der Waals surface area contributed by atoms with Gasteiger partial charge in [-0.25, -0.2) is 14.8 Å². The van der Waals surface area contributed by atoms with Gasteiger partial charge in [-0.3, -0.25) is 0 Å². The number of imidazole rings is 1. The van der Waals surface area contributed by atoms with E-state index in [0.717, 1.165) is 79.6 Å². The summed E-state index contributed by atoms with van der Waals surface area (Å²) in [5.74, 6) is 2.12. The maximum Gasteiger partial charge on any atom is 0.315 e. The second-order valence-electron chi connectivity index (χ2n) is 9.32. The van der Waals surface area contributed by atoms with Crippen LogP contribution in [0.5, 0.6) is 0 Å². The molecule has 8 heteroatoms. The van der Waals surface area contributed by atoms with Gasteiger partial charge in [0, 0.05) is 44.2 Å². The number of hydrogen-bond acceptors (Lipinski definition) is 5. The molecule has 1 aliphatic heterocycles. The molecule has 0 atom stereocenters. The van der Waals surface area contributed by atoms with Crippen molar-refractivity contribution < 1.29 is 9.53 Å². The largest absolute Gasteiger partial charge is 0.382 e. The molecule has 8 nitrogen and oxygen atoms in total. The van der Waals surface area contributed by atoms with Gasteiger partial charge < -0.3 is 25.7 Å². The van der Waals surface area contributed by atoms with Crippen LogP contribution >= 0.6 is 0 Å². The fourth-order valence-corrected chi connectivity index (χ4v) is 4.89. The van der Waals surface area contributed by atoms with Gasteiger partial charge in [0.1, 0.15) is 11.3 Å². The number of carbonyl (C=O) groups excluding carboxylic acids is 1. The molecule has 33 heavy (non-hydrogen) atoms. The van der Waals surface area contributed by atoms with E-state index >= 15 is 0 Å². The summed E-state index contributed by atoms with van der Waals surface area (Å²) < 4.78 is 7.91. The number of nitrogens with two attached hydrogens (primary N) is 2. The molecule has 1 fully saturated rings. The van der Waals surface area contributed by atoms with E-state index in [4.69, 9.17) is 26.2 Å². The van der Waals surface area contributed by atoms with Crippen molar-refractivity contribution in [1.82, 2.24) is 19.4 Å². The van der Waals surface area contributed by atoms with Crippen molar-refractivity contribution in [3.63, 3.8) is 0 Å². The number of carbonyl (C=O) groups is 1. The zero-order valence-corrected chi connectivity index (χ0v) is 20.0. The summed E-state index contributed by atoms with van der Waals surface area (Å²) in [6.07, 6.45) is 4.68. The summed E-state index contributed by atoms with van der Waals surface area (Å²) in [4.78, 5) is 22.9. The third-order valence-electron chi connectivity index (χ3n) is 6.72. The Bertz CT molecular complexity index is 1130. The molecule has 178 valence electrons. The SMILES string of the molecule is CCc1nc2c(N)nc3cc(CCCN(C(N)=O)C(C)C)ccc3c2n1CC1CCOCC1. The van der Waals surface area contributed by atoms with Crippen LogP contribution in [-0.4, -0.2) is 51.3 Å². The topological polar surface area (TPSA) is 112 Å². The number of primary amides is 1. The molecule has 0 saturated carbocycles. The number of pyridine rings is 1. The van der Waals surface area contributed by atoms with E-state index in [0.29, 0.717) is 18.3 Å². The van der Waals surface area contributed by atoms with E-state index < -0.39 is 0 Å². The predicted octanol–water partition coefficient (Wildman–Crippen LogP) is 3.88. The van der Waals surface area contributed by atoms with Gasteiger partial charge in [-0.1, -0.05) is 19.1 Å². The number of fused-ring (bicyclic) bond motifs is 3.